The highest BCUT2D eigenvalue weighted by molar-refractivity contribution is 6.30. The number of aliphatic imine (C=N–C) groups is 1. The van der Waals surface area contributed by atoms with Crippen molar-refractivity contribution >= 4 is 35.2 Å². The summed E-state index contributed by atoms with van der Waals surface area (Å²) in [5.74, 6) is 0.0276. The molecular formula is C22H19ClN2O2. The molecule has 4 nitrogen and oxygen atoms in total. The van der Waals surface area contributed by atoms with Gasteiger partial charge >= 0.3 is 5.97 Å². The molecule has 0 N–H and O–H groups in total. The van der Waals surface area contributed by atoms with Gasteiger partial charge in [-0.05, 0) is 66.2 Å². The molecule has 0 aliphatic heterocycles. The lowest BCUT2D eigenvalue weighted by Crippen LogP contribution is -2.08. The van der Waals surface area contributed by atoms with Crippen LogP contribution < -0.4 is 9.64 Å². The standard InChI is InChI=1S/C22H19ClN2O2/c1-25(2)20-11-3-16(4-12-20)15-24-19-9-5-17(6-10-19)22(26)27-21-13-7-18(23)8-14-21/h3-15H,1-2H3. The largest absolute Gasteiger partial charge is 0.423 e. The summed E-state index contributed by atoms with van der Waals surface area (Å²) < 4.78 is 5.32. The molecule has 3 aromatic rings. The first kappa shape index (κ1) is 18.7. The topological polar surface area (TPSA) is 41.9 Å². The van der Waals surface area contributed by atoms with Crippen LogP contribution in [0.15, 0.2) is 77.8 Å². The third-order valence-corrected chi connectivity index (χ3v) is 4.15. The van der Waals surface area contributed by atoms with Crippen LogP contribution >= 0.6 is 11.6 Å². The van der Waals surface area contributed by atoms with Gasteiger partial charge in [-0.15, -0.1) is 0 Å². The zero-order chi connectivity index (χ0) is 19.2. The summed E-state index contributed by atoms with van der Waals surface area (Å²) in [6, 6.07) is 21.7. The fourth-order valence-electron chi connectivity index (χ4n) is 2.36. The number of halogens is 1. The lowest BCUT2D eigenvalue weighted by atomic mass is 10.2. The van der Waals surface area contributed by atoms with Crippen LogP contribution in [0.3, 0.4) is 0 Å². The Morgan fingerprint density at radius 2 is 1.56 bits per heavy atom. The number of benzene rings is 3. The van der Waals surface area contributed by atoms with E-state index in [1.807, 2.05) is 43.3 Å². The highest BCUT2D eigenvalue weighted by Crippen LogP contribution is 2.19. The van der Waals surface area contributed by atoms with E-state index in [2.05, 4.69) is 4.99 Å². The van der Waals surface area contributed by atoms with E-state index in [1.165, 1.54) is 0 Å². The van der Waals surface area contributed by atoms with Gasteiger partial charge in [0, 0.05) is 31.0 Å². The number of hydrogen-bond donors (Lipinski definition) is 0. The number of anilines is 1. The summed E-state index contributed by atoms with van der Waals surface area (Å²) in [6.07, 6.45) is 1.79. The van der Waals surface area contributed by atoms with Crippen LogP contribution in [0.25, 0.3) is 0 Å². The van der Waals surface area contributed by atoms with Gasteiger partial charge in [-0.3, -0.25) is 4.99 Å². The van der Waals surface area contributed by atoms with E-state index in [-0.39, 0.29) is 0 Å². The van der Waals surface area contributed by atoms with Crippen molar-refractivity contribution in [3.63, 3.8) is 0 Å². The third-order valence-electron chi connectivity index (χ3n) is 3.90. The molecule has 0 bridgehead atoms. The van der Waals surface area contributed by atoms with Gasteiger partial charge in [-0.2, -0.15) is 0 Å². The molecule has 0 spiro atoms. The SMILES string of the molecule is CN(C)c1ccc(C=Nc2ccc(C(=O)Oc3ccc(Cl)cc3)cc2)cc1. The molecule has 0 radical (unpaired) electrons. The first-order valence-electron chi connectivity index (χ1n) is 8.40. The maximum Gasteiger partial charge on any atom is 0.343 e. The van der Waals surface area contributed by atoms with Gasteiger partial charge < -0.3 is 9.64 Å². The number of hydrogen-bond acceptors (Lipinski definition) is 4. The number of carbonyl (C=O) groups is 1. The summed E-state index contributed by atoms with van der Waals surface area (Å²) in [4.78, 5) is 18.7. The van der Waals surface area contributed by atoms with Gasteiger partial charge in [0.1, 0.15) is 5.75 Å². The smallest absolute Gasteiger partial charge is 0.343 e. The molecule has 0 fully saturated rings. The maximum atomic E-state index is 12.2. The van der Waals surface area contributed by atoms with Crippen molar-refractivity contribution in [1.29, 1.82) is 0 Å². The molecule has 3 rings (SSSR count). The van der Waals surface area contributed by atoms with Crippen molar-refractivity contribution in [3.8, 4) is 5.75 Å². The molecule has 0 aliphatic carbocycles. The molecule has 3 aromatic carbocycles. The monoisotopic (exact) mass is 378 g/mol. The fourth-order valence-corrected chi connectivity index (χ4v) is 2.49. The highest BCUT2D eigenvalue weighted by Gasteiger charge is 2.08. The number of carbonyl (C=O) groups excluding carboxylic acids is 1. The van der Waals surface area contributed by atoms with Crippen LogP contribution in [0, 0.1) is 0 Å². The van der Waals surface area contributed by atoms with E-state index >= 15 is 0 Å². The van der Waals surface area contributed by atoms with E-state index in [4.69, 9.17) is 16.3 Å². The van der Waals surface area contributed by atoms with E-state index in [0.717, 1.165) is 16.9 Å². The Bertz CT molecular complexity index is 932. The molecule has 0 atom stereocenters. The predicted octanol–water partition coefficient (Wildman–Crippen LogP) is 5.38. The lowest BCUT2D eigenvalue weighted by molar-refractivity contribution is 0.0735. The van der Waals surface area contributed by atoms with Gasteiger partial charge in [-0.25, -0.2) is 4.79 Å². The second-order valence-electron chi connectivity index (χ2n) is 6.13. The minimum absolute atomic E-state index is 0.424. The van der Waals surface area contributed by atoms with Gasteiger partial charge in [0.05, 0.1) is 11.3 Å². The molecule has 0 heterocycles. The predicted molar refractivity (Wildman–Crippen MR) is 111 cm³/mol. The second-order valence-corrected chi connectivity index (χ2v) is 6.57. The number of rotatable bonds is 5. The Morgan fingerprint density at radius 3 is 2.15 bits per heavy atom. The molecule has 0 aliphatic rings. The van der Waals surface area contributed by atoms with E-state index in [0.29, 0.717) is 16.3 Å². The molecule has 27 heavy (non-hydrogen) atoms. The quantitative estimate of drug-likeness (QED) is 0.340. The summed E-state index contributed by atoms with van der Waals surface area (Å²) in [5.41, 5.74) is 3.36. The third kappa shape index (κ3) is 5.19. The van der Waals surface area contributed by atoms with Crippen molar-refractivity contribution in [3.05, 3.63) is 88.9 Å². The van der Waals surface area contributed by atoms with Crippen molar-refractivity contribution < 1.29 is 9.53 Å². The molecule has 0 unspecified atom stereocenters. The van der Waals surface area contributed by atoms with Gasteiger partial charge in [0.2, 0.25) is 0 Å². The normalized spacial score (nSPS) is 10.8. The average molecular weight is 379 g/mol. The van der Waals surface area contributed by atoms with Crippen LogP contribution in [0.5, 0.6) is 5.75 Å². The average Bonchev–Trinajstić information content (AvgIpc) is 2.69. The molecule has 0 aromatic heterocycles. The van der Waals surface area contributed by atoms with E-state index < -0.39 is 5.97 Å². The fraction of sp³-hybridized carbons (Fsp3) is 0.0909. The Morgan fingerprint density at radius 1 is 0.926 bits per heavy atom. The molecule has 0 saturated heterocycles. The van der Waals surface area contributed by atoms with Crippen molar-refractivity contribution in [2.24, 2.45) is 4.99 Å². The van der Waals surface area contributed by atoms with Crippen LogP contribution in [-0.2, 0) is 0 Å². The van der Waals surface area contributed by atoms with Crippen LogP contribution in [0.4, 0.5) is 11.4 Å². The number of nitrogens with zero attached hydrogens (tertiary/aromatic N) is 2. The van der Waals surface area contributed by atoms with Crippen LogP contribution in [0.2, 0.25) is 5.02 Å². The minimum Gasteiger partial charge on any atom is -0.423 e. The van der Waals surface area contributed by atoms with Crippen molar-refractivity contribution in [1.82, 2.24) is 0 Å². The summed E-state index contributed by atoms with van der Waals surface area (Å²) >= 11 is 5.82. The van der Waals surface area contributed by atoms with Crippen molar-refractivity contribution in [2.75, 3.05) is 19.0 Å². The Labute approximate surface area is 163 Å². The van der Waals surface area contributed by atoms with Gasteiger partial charge in [0.25, 0.3) is 0 Å². The van der Waals surface area contributed by atoms with Gasteiger partial charge in [0.15, 0.2) is 0 Å². The number of esters is 1. The highest BCUT2D eigenvalue weighted by atomic mass is 35.5. The maximum absolute atomic E-state index is 12.2. The van der Waals surface area contributed by atoms with Gasteiger partial charge in [-0.1, -0.05) is 23.7 Å². The minimum atomic E-state index is -0.424. The summed E-state index contributed by atoms with van der Waals surface area (Å²) in [5, 5.41) is 0.591. The molecule has 0 saturated carbocycles. The summed E-state index contributed by atoms with van der Waals surface area (Å²) in [7, 11) is 4.01. The molecule has 0 amide bonds. The first-order chi connectivity index (χ1) is 13.0. The van der Waals surface area contributed by atoms with E-state index in [1.54, 1.807) is 54.7 Å². The van der Waals surface area contributed by atoms with Crippen molar-refractivity contribution in [2.45, 2.75) is 0 Å². The van der Waals surface area contributed by atoms with Crippen LogP contribution in [-0.4, -0.2) is 26.3 Å². The molecular weight excluding hydrogens is 360 g/mol. The second kappa shape index (κ2) is 8.52. The zero-order valence-corrected chi connectivity index (χ0v) is 15.9. The first-order valence-corrected chi connectivity index (χ1v) is 8.78. The van der Waals surface area contributed by atoms with Crippen LogP contribution in [0.1, 0.15) is 15.9 Å². The number of ether oxygens (including phenoxy) is 1. The summed E-state index contributed by atoms with van der Waals surface area (Å²) in [6.45, 7) is 0. The van der Waals surface area contributed by atoms with E-state index in [9.17, 15) is 4.79 Å². The molecule has 136 valence electrons. The Hall–Kier alpha value is -3.11. The lowest BCUT2D eigenvalue weighted by Gasteiger charge is -2.11. The Balaban J connectivity index is 1.64. The Kier molecular flexibility index (Phi) is 5.89. The zero-order valence-electron chi connectivity index (χ0n) is 15.1. The molecule has 5 heteroatoms.